The van der Waals surface area contributed by atoms with Crippen LogP contribution >= 0.6 is 0 Å². The summed E-state index contributed by atoms with van der Waals surface area (Å²) in [7, 11) is 3.02. The van der Waals surface area contributed by atoms with Crippen molar-refractivity contribution in [3.05, 3.63) is 29.8 Å². The van der Waals surface area contributed by atoms with Crippen LogP contribution < -0.4 is 10.1 Å². The summed E-state index contributed by atoms with van der Waals surface area (Å²) in [5.74, 6) is 0.329. The van der Waals surface area contributed by atoms with Gasteiger partial charge in [0.05, 0.1) is 7.11 Å². The number of likely N-dealkylation sites (N-methyl/N-ethyl adjacent to an activating group) is 1. The minimum Gasteiger partial charge on any atom is -0.491 e. The van der Waals surface area contributed by atoms with Crippen molar-refractivity contribution in [3.63, 3.8) is 0 Å². The highest BCUT2D eigenvalue weighted by Gasteiger charge is 2.17. The number of carbonyl (C=O) groups is 1. The fourth-order valence-corrected chi connectivity index (χ4v) is 1.47. The molecule has 0 aromatic heterocycles. The minimum atomic E-state index is -0.480. The number of hydrogen-bond acceptors (Lipinski definition) is 5. The quantitative estimate of drug-likeness (QED) is 0.687. The summed E-state index contributed by atoms with van der Waals surface area (Å²) in [4.78, 5) is 11.3. The number of carbonyl (C=O) groups excluding carboxylic acids is 1. The van der Waals surface area contributed by atoms with Crippen LogP contribution in [0.25, 0.3) is 0 Å². The number of benzene rings is 1. The molecular weight excluding hydrogens is 234 g/mol. The normalized spacial score (nSPS) is 11.9. The molecule has 0 fully saturated rings. The molecule has 1 atom stereocenters. The summed E-state index contributed by atoms with van der Waals surface area (Å²) in [5, 5.41) is 11.6. The molecule has 100 valence electrons. The maximum absolute atomic E-state index is 11.3. The molecule has 5 nitrogen and oxygen atoms in total. The summed E-state index contributed by atoms with van der Waals surface area (Å²) in [6.07, 6.45) is 0.627. The van der Waals surface area contributed by atoms with Gasteiger partial charge in [-0.05, 0) is 31.2 Å². The van der Waals surface area contributed by atoms with Gasteiger partial charge < -0.3 is 19.9 Å². The molecule has 0 saturated carbocycles. The van der Waals surface area contributed by atoms with E-state index in [9.17, 15) is 4.79 Å². The number of nitrogens with one attached hydrogen (secondary N) is 1. The van der Waals surface area contributed by atoms with Crippen LogP contribution in [-0.4, -0.2) is 44.5 Å². The number of methoxy groups -OCH3 is 1. The Labute approximate surface area is 107 Å². The molecule has 0 amide bonds. The molecule has 5 heteroatoms. The maximum atomic E-state index is 11.3. The van der Waals surface area contributed by atoms with Gasteiger partial charge in [-0.25, -0.2) is 0 Å². The Kier molecular flexibility index (Phi) is 6.18. The van der Waals surface area contributed by atoms with Crippen molar-refractivity contribution >= 4 is 5.97 Å². The highest BCUT2D eigenvalue weighted by molar-refractivity contribution is 5.75. The van der Waals surface area contributed by atoms with E-state index in [4.69, 9.17) is 9.84 Å². The van der Waals surface area contributed by atoms with Crippen LogP contribution in [0, 0.1) is 0 Å². The van der Waals surface area contributed by atoms with Crippen molar-refractivity contribution in [2.24, 2.45) is 0 Å². The number of rotatable bonds is 7. The first-order valence-corrected chi connectivity index (χ1v) is 5.79. The SMILES string of the molecule is CNC(COc1ccc(CCO)cc1)C(=O)OC. The molecule has 0 spiro atoms. The van der Waals surface area contributed by atoms with Crippen LogP contribution in [0.1, 0.15) is 5.56 Å². The lowest BCUT2D eigenvalue weighted by Gasteiger charge is -2.14. The van der Waals surface area contributed by atoms with Crippen LogP contribution in [0.15, 0.2) is 24.3 Å². The average Bonchev–Trinajstić information content (AvgIpc) is 2.41. The van der Waals surface area contributed by atoms with Gasteiger partial charge in [0.25, 0.3) is 0 Å². The lowest BCUT2D eigenvalue weighted by molar-refractivity contribution is -0.143. The van der Waals surface area contributed by atoms with Crippen molar-refractivity contribution in [1.29, 1.82) is 0 Å². The standard InChI is InChI=1S/C13H19NO4/c1-14-12(13(16)17-2)9-18-11-5-3-10(4-6-11)7-8-15/h3-6,12,14-15H,7-9H2,1-2H3. The zero-order valence-corrected chi connectivity index (χ0v) is 10.7. The van der Waals surface area contributed by atoms with Crippen molar-refractivity contribution in [1.82, 2.24) is 5.32 Å². The number of aliphatic hydroxyl groups excluding tert-OH is 1. The zero-order valence-electron chi connectivity index (χ0n) is 10.7. The topological polar surface area (TPSA) is 67.8 Å². The highest BCUT2D eigenvalue weighted by atomic mass is 16.5. The van der Waals surface area contributed by atoms with E-state index in [0.29, 0.717) is 12.2 Å². The molecule has 1 rings (SSSR count). The Morgan fingerprint density at radius 2 is 2.06 bits per heavy atom. The van der Waals surface area contributed by atoms with E-state index in [1.54, 1.807) is 7.05 Å². The Morgan fingerprint density at radius 1 is 1.39 bits per heavy atom. The molecule has 18 heavy (non-hydrogen) atoms. The summed E-state index contributed by atoms with van der Waals surface area (Å²) in [6, 6.07) is 6.92. The smallest absolute Gasteiger partial charge is 0.326 e. The fourth-order valence-electron chi connectivity index (χ4n) is 1.47. The van der Waals surface area contributed by atoms with Gasteiger partial charge in [-0.3, -0.25) is 4.79 Å². The molecule has 1 unspecified atom stereocenters. The van der Waals surface area contributed by atoms with E-state index in [1.165, 1.54) is 7.11 Å². The van der Waals surface area contributed by atoms with Gasteiger partial charge in [0, 0.05) is 6.61 Å². The third-order valence-corrected chi connectivity index (χ3v) is 2.57. The van der Waals surface area contributed by atoms with Gasteiger partial charge in [-0.15, -0.1) is 0 Å². The molecular formula is C13H19NO4. The molecule has 0 aliphatic carbocycles. The molecule has 1 aromatic carbocycles. The molecule has 0 saturated heterocycles. The van der Waals surface area contributed by atoms with Gasteiger partial charge in [0.2, 0.25) is 0 Å². The van der Waals surface area contributed by atoms with E-state index in [-0.39, 0.29) is 19.2 Å². The number of hydrogen-bond donors (Lipinski definition) is 2. The van der Waals surface area contributed by atoms with Crippen LogP contribution in [0.3, 0.4) is 0 Å². The van der Waals surface area contributed by atoms with Crippen LogP contribution in [0.4, 0.5) is 0 Å². The van der Waals surface area contributed by atoms with Crippen LogP contribution in [0.2, 0.25) is 0 Å². The van der Waals surface area contributed by atoms with Crippen molar-refractivity contribution in [3.8, 4) is 5.75 Å². The first kappa shape index (κ1) is 14.5. The first-order valence-electron chi connectivity index (χ1n) is 5.79. The van der Waals surface area contributed by atoms with Crippen LogP contribution in [0.5, 0.6) is 5.75 Å². The number of aliphatic hydroxyl groups is 1. The van der Waals surface area contributed by atoms with Gasteiger partial charge in [-0.1, -0.05) is 12.1 Å². The van der Waals surface area contributed by atoms with E-state index < -0.39 is 6.04 Å². The summed E-state index contributed by atoms with van der Waals surface area (Å²) < 4.78 is 10.1. The number of esters is 1. The van der Waals surface area contributed by atoms with Gasteiger partial charge in [-0.2, -0.15) is 0 Å². The van der Waals surface area contributed by atoms with E-state index in [0.717, 1.165) is 5.56 Å². The average molecular weight is 253 g/mol. The second-order valence-electron chi connectivity index (χ2n) is 3.79. The Balaban J connectivity index is 2.49. The summed E-state index contributed by atoms with van der Waals surface area (Å²) >= 11 is 0. The molecule has 2 N–H and O–H groups in total. The van der Waals surface area contributed by atoms with E-state index in [2.05, 4.69) is 10.1 Å². The molecule has 0 aliphatic rings. The zero-order chi connectivity index (χ0) is 13.4. The van der Waals surface area contributed by atoms with Gasteiger partial charge >= 0.3 is 5.97 Å². The lowest BCUT2D eigenvalue weighted by Crippen LogP contribution is -2.40. The molecule has 0 heterocycles. The first-order chi connectivity index (χ1) is 8.71. The highest BCUT2D eigenvalue weighted by Crippen LogP contribution is 2.12. The molecule has 1 aromatic rings. The van der Waals surface area contributed by atoms with Gasteiger partial charge in [0.15, 0.2) is 0 Å². The monoisotopic (exact) mass is 253 g/mol. The summed E-state index contributed by atoms with van der Waals surface area (Å²) in [6.45, 7) is 0.340. The summed E-state index contributed by atoms with van der Waals surface area (Å²) in [5.41, 5.74) is 1.04. The molecule has 0 bridgehead atoms. The fraction of sp³-hybridized carbons (Fsp3) is 0.462. The molecule has 0 aliphatic heterocycles. The van der Waals surface area contributed by atoms with Crippen molar-refractivity contribution in [2.45, 2.75) is 12.5 Å². The van der Waals surface area contributed by atoms with Gasteiger partial charge in [0.1, 0.15) is 18.4 Å². The third-order valence-electron chi connectivity index (χ3n) is 2.57. The number of ether oxygens (including phenoxy) is 2. The predicted molar refractivity (Wildman–Crippen MR) is 67.6 cm³/mol. The molecule has 0 radical (unpaired) electrons. The predicted octanol–water partition coefficient (Wildman–Crippen LogP) is 0.361. The van der Waals surface area contributed by atoms with E-state index >= 15 is 0 Å². The van der Waals surface area contributed by atoms with Crippen molar-refractivity contribution in [2.75, 3.05) is 27.4 Å². The third kappa shape index (κ3) is 4.35. The Hall–Kier alpha value is -1.59. The van der Waals surface area contributed by atoms with E-state index in [1.807, 2.05) is 24.3 Å². The maximum Gasteiger partial charge on any atom is 0.326 e. The Bertz CT molecular complexity index is 364. The lowest BCUT2D eigenvalue weighted by atomic mass is 10.1. The van der Waals surface area contributed by atoms with Crippen molar-refractivity contribution < 1.29 is 19.4 Å². The second-order valence-corrected chi connectivity index (χ2v) is 3.79. The Morgan fingerprint density at radius 3 is 2.56 bits per heavy atom. The second kappa shape index (κ2) is 7.68. The largest absolute Gasteiger partial charge is 0.491 e. The van der Waals surface area contributed by atoms with Crippen LogP contribution in [-0.2, 0) is 16.0 Å². The minimum absolute atomic E-state index is 0.129.